The van der Waals surface area contributed by atoms with Crippen molar-refractivity contribution in [3.8, 4) is 16.9 Å². The van der Waals surface area contributed by atoms with Crippen molar-refractivity contribution in [1.82, 2.24) is 4.98 Å². The Morgan fingerprint density at radius 3 is 2.63 bits per heavy atom. The summed E-state index contributed by atoms with van der Waals surface area (Å²) in [5.74, 6) is -0.892. The van der Waals surface area contributed by atoms with E-state index in [2.05, 4.69) is 0 Å². The highest BCUT2D eigenvalue weighted by atomic mass is 19.1. The fourth-order valence-corrected chi connectivity index (χ4v) is 4.17. The van der Waals surface area contributed by atoms with Crippen LogP contribution in [0.3, 0.4) is 0 Å². The third kappa shape index (κ3) is 4.00. The molecule has 6 heteroatoms. The molecular formula is C24H24FNO4. The first-order valence-corrected chi connectivity index (χ1v) is 10.2. The van der Waals surface area contributed by atoms with Crippen molar-refractivity contribution >= 4 is 16.7 Å². The average molecular weight is 409 g/mol. The SMILES string of the molecule is Cc1cc(-c2c(C3CCOCC3)nc(CCC(=O)O)c3cc(O)ccc23)ccc1F. The van der Waals surface area contributed by atoms with E-state index in [1.54, 1.807) is 25.1 Å². The third-order valence-electron chi connectivity index (χ3n) is 5.73. The van der Waals surface area contributed by atoms with Crippen molar-refractivity contribution in [2.75, 3.05) is 13.2 Å². The van der Waals surface area contributed by atoms with Gasteiger partial charge in [-0.2, -0.15) is 0 Å². The molecule has 0 bridgehead atoms. The molecule has 1 fully saturated rings. The number of pyridine rings is 1. The van der Waals surface area contributed by atoms with E-state index in [9.17, 15) is 19.4 Å². The summed E-state index contributed by atoms with van der Waals surface area (Å²) >= 11 is 0. The van der Waals surface area contributed by atoms with Gasteiger partial charge in [-0.05, 0) is 66.6 Å². The van der Waals surface area contributed by atoms with E-state index in [0.29, 0.717) is 24.5 Å². The van der Waals surface area contributed by atoms with Gasteiger partial charge in [0.15, 0.2) is 0 Å². The highest BCUT2D eigenvalue weighted by Gasteiger charge is 2.25. The second kappa shape index (κ2) is 8.40. The number of rotatable bonds is 5. The monoisotopic (exact) mass is 409 g/mol. The number of hydrogen-bond acceptors (Lipinski definition) is 4. The van der Waals surface area contributed by atoms with Gasteiger partial charge in [-0.1, -0.05) is 6.07 Å². The highest BCUT2D eigenvalue weighted by molar-refractivity contribution is 6.00. The molecular weight excluding hydrogens is 385 g/mol. The van der Waals surface area contributed by atoms with Gasteiger partial charge >= 0.3 is 5.97 Å². The van der Waals surface area contributed by atoms with Crippen molar-refractivity contribution in [3.63, 3.8) is 0 Å². The number of aryl methyl sites for hydroxylation is 2. The van der Waals surface area contributed by atoms with E-state index >= 15 is 0 Å². The number of aliphatic carboxylic acids is 1. The number of aromatic hydroxyl groups is 1. The highest BCUT2D eigenvalue weighted by Crippen LogP contribution is 2.40. The molecule has 0 radical (unpaired) electrons. The molecule has 1 aliphatic rings. The fourth-order valence-electron chi connectivity index (χ4n) is 4.17. The number of halogens is 1. The lowest BCUT2D eigenvalue weighted by Crippen LogP contribution is -2.17. The predicted molar refractivity (Wildman–Crippen MR) is 112 cm³/mol. The molecule has 2 heterocycles. The van der Waals surface area contributed by atoms with Crippen LogP contribution < -0.4 is 0 Å². The number of carbonyl (C=O) groups is 1. The second-order valence-electron chi connectivity index (χ2n) is 7.79. The number of fused-ring (bicyclic) bond motifs is 1. The summed E-state index contributed by atoms with van der Waals surface area (Å²) in [6.45, 7) is 3.02. The Morgan fingerprint density at radius 2 is 1.93 bits per heavy atom. The number of carboxylic acids is 1. The quantitative estimate of drug-likeness (QED) is 0.622. The van der Waals surface area contributed by atoms with Crippen molar-refractivity contribution in [2.45, 2.75) is 38.5 Å². The van der Waals surface area contributed by atoms with E-state index in [1.807, 2.05) is 12.1 Å². The number of hydrogen-bond donors (Lipinski definition) is 2. The zero-order valence-electron chi connectivity index (χ0n) is 16.8. The molecule has 0 aliphatic carbocycles. The molecule has 4 rings (SSSR count). The molecule has 0 atom stereocenters. The molecule has 0 unspecified atom stereocenters. The third-order valence-corrected chi connectivity index (χ3v) is 5.73. The zero-order valence-corrected chi connectivity index (χ0v) is 16.8. The molecule has 1 saturated heterocycles. The molecule has 1 aliphatic heterocycles. The maximum absolute atomic E-state index is 14.0. The van der Waals surface area contributed by atoms with E-state index in [4.69, 9.17) is 9.72 Å². The summed E-state index contributed by atoms with van der Waals surface area (Å²) in [6.07, 6.45) is 1.87. The van der Waals surface area contributed by atoms with Crippen LogP contribution in [0.25, 0.3) is 21.9 Å². The van der Waals surface area contributed by atoms with Gasteiger partial charge in [0.25, 0.3) is 0 Å². The summed E-state index contributed by atoms with van der Waals surface area (Å²) in [4.78, 5) is 16.1. The number of benzene rings is 2. The van der Waals surface area contributed by atoms with Crippen molar-refractivity contribution in [1.29, 1.82) is 0 Å². The van der Waals surface area contributed by atoms with Crippen LogP contribution in [0.2, 0.25) is 0 Å². The van der Waals surface area contributed by atoms with Gasteiger partial charge in [0, 0.05) is 42.2 Å². The number of carboxylic acid groups (broad SMARTS) is 1. The maximum Gasteiger partial charge on any atom is 0.303 e. The Bertz CT molecular complexity index is 1110. The van der Waals surface area contributed by atoms with E-state index in [-0.39, 0.29) is 30.3 Å². The van der Waals surface area contributed by atoms with Gasteiger partial charge in [0.1, 0.15) is 11.6 Å². The molecule has 0 amide bonds. The van der Waals surface area contributed by atoms with Crippen molar-refractivity contribution < 1.29 is 24.1 Å². The molecule has 3 aromatic rings. The van der Waals surface area contributed by atoms with E-state index in [0.717, 1.165) is 40.4 Å². The number of aromatic nitrogens is 1. The van der Waals surface area contributed by atoms with Gasteiger partial charge in [-0.25, -0.2) is 4.39 Å². The standard InChI is InChI=1S/C24H24FNO4/c1-14-12-16(2-5-20(14)25)23-18-4-3-17(27)13-19(18)21(6-7-22(28)29)26-24(23)15-8-10-30-11-9-15/h2-5,12-13,15,27H,6-11H2,1H3,(H,28,29). The Balaban J connectivity index is 1.99. The first kappa shape index (κ1) is 20.3. The summed E-state index contributed by atoms with van der Waals surface area (Å²) in [5.41, 5.74) is 3.88. The second-order valence-corrected chi connectivity index (χ2v) is 7.79. The van der Waals surface area contributed by atoms with Crippen LogP contribution in [-0.4, -0.2) is 34.4 Å². The van der Waals surface area contributed by atoms with Crippen LogP contribution in [-0.2, 0) is 16.0 Å². The summed E-state index contributed by atoms with van der Waals surface area (Å²) in [6, 6.07) is 10.1. The topological polar surface area (TPSA) is 79.7 Å². The minimum Gasteiger partial charge on any atom is -0.508 e. The normalized spacial score (nSPS) is 14.9. The molecule has 2 N–H and O–H groups in total. The Hall–Kier alpha value is -2.99. The van der Waals surface area contributed by atoms with E-state index < -0.39 is 5.97 Å². The maximum atomic E-state index is 14.0. The molecule has 0 saturated carbocycles. The van der Waals surface area contributed by atoms with Gasteiger partial charge in [0.2, 0.25) is 0 Å². The predicted octanol–water partition coefficient (Wildman–Crippen LogP) is 4.97. The molecule has 30 heavy (non-hydrogen) atoms. The molecule has 0 spiro atoms. The van der Waals surface area contributed by atoms with Gasteiger partial charge in [-0.15, -0.1) is 0 Å². The van der Waals surface area contributed by atoms with Crippen LogP contribution in [0.4, 0.5) is 4.39 Å². The van der Waals surface area contributed by atoms with Gasteiger partial charge < -0.3 is 14.9 Å². The van der Waals surface area contributed by atoms with Gasteiger partial charge in [0.05, 0.1) is 12.1 Å². The Labute approximate surface area is 174 Å². The van der Waals surface area contributed by atoms with Crippen LogP contribution in [0.1, 0.15) is 42.1 Å². The first-order chi connectivity index (χ1) is 14.4. The molecule has 156 valence electrons. The van der Waals surface area contributed by atoms with Crippen molar-refractivity contribution in [3.05, 3.63) is 59.2 Å². The average Bonchev–Trinajstić information content (AvgIpc) is 2.74. The van der Waals surface area contributed by atoms with Crippen LogP contribution in [0, 0.1) is 12.7 Å². The summed E-state index contributed by atoms with van der Waals surface area (Å²) in [5, 5.41) is 20.9. The molecule has 5 nitrogen and oxygen atoms in total. The van der Waals surface area contributed by atoms with Crippen molar-refractivity contribution in [2.24, 2.45) is 0 Å². The summed E-state index contributed by atoms with van der Waals surface area (Å²) in [7, 11) is 0. The van der Waals surface area contributed by atoms with Gasteiger partial charge in [-0.3, -0.25) is 9.78 Å². The summed E-state index contributed by atoms with van der Waals surface area (Å²) < 4.78 is 19.5. The fraction of sp³-hybridized carbons (Fsp3) is 0.333. The largest absolute Gasteiger partial charge is 0.508 e. The minimum atomic E-state index is -0.893. The molecule has 1 aromatic heterocycles. The van der Waals surface area contributed by atoms with Crippen LogP contribution in [0.5, 0.6) is 5.75 Å². The van der Waals surface area contributed by atoms with Crippen LogP contribution >= 0.6 is 0 Å². The van der Waals surface area contributed by atoms with E-state index in [1.165, 1.54) is 6.07 Å². The minimum absolute atomic E-state index is 0.0417. The smallest absolute Gasteiger partial charge is 0.303 e. The lowest BCUT2D eigenvalue weighted by atomic mass is 9.86. The lowest BCUT2D eigenvalue weighted by molar-refractivity contribution is -0.136. The first-order valence-electron chi connectivity index (χ1n) is 10.2. The number of phenolic OH excluding ortho intramolecular Hbond substituents is 1. The number of phenols is 1. The Morgan fingerprint density at radius 1 is 1.17 bits per heavy atom. The Kier molecular flexibility index (Phi) is 5.68. The lowest BCUT2D eigenvalue weighted by Gasteiger charge is -2.26. The molecule has 2 aromatic carbocycles. The van der Waals surface area contributed by atoms with Crippen LogP contribution in [0.15, 0.2) is 36.4 Å². The zero-order chi connectivity index (χ0) is 21.3. The number of nitrogens with zero attached hydrogens (tertiary/aromatic N) is 1. The number of ether oxygens (including phenoxy) is 1.